The average Bonchev–Trinajstić information content (AvgIpc) is 3.25. The lowest BCUT2D eigenvalue weighted by molar-refractivity contribution is -0.132. The van der Waals surface area contributed by atoms with Crippen molar-refractivity contribution in [2.45, 2.75) is 50.8 Å². The molecule has 40 heavy (non-hydrogen) atoms. The van der Waals surface area contributed by atoms with Crippen LogP contribution in [0.15, 0.2) is 73.3 Å². The van der Waals surface area contributed by atoms with Crippen LogP contribution in [0.25, 0.3) is 0 Å². The Balaban J connectivity index is 1.44. The fourth-order valence-electron chi connectivity index (χ4n) is 5.80. The monoisotopic (exact) mass is 539 g/mol. The molecule has 3 atom stereocenters. The van der Waals surface area contributed by atoms with E-state index in [1.54, 1.807) is 52.5 Å². The second kappa shape index (κ2) is 10.3. The van der Waals surface area contributed by atoms with Gasteiger partial charge in [0.2, 0.25) is 0 Å². The Morgan fingerprint density at radius 3 is 2.40 bits per heavy atom. The molecule has 3 unspecified atom stereocenters. The quantitative estimate of drug-likeness (QED) is 0.323. The Morgan fingerprint density at radius 1 is 1.18 bits per heavy atom. The maximum atomic E-state index is 14.3. The van der Waals surface area contributed by atoms with Crippen LogP contribution in [0.2, 0.25) is 0 Å². The summed E-state index contributed by atoms with van der Waals surface area (Å²) < 4.78 is 5.54. The predicted octanol–water partition coefficient (Wildman–Crippen LogP) is 3.83. The van der Waals surface area contributed by atoms with Gasteiger partial charge in [-0.1, -0.05) is 6.08 Å². The van der Waals surface area contributed by atoms with Crippen molar-refractivity contribution in [2.75, 3.05) is 13.1 Å². The number of aromatic nitrogens is 1. The third-order valence-corrected chi connectivity index (χ3v) is 7.67. The molecule has 3 heterocycles. The van der Waals surface area contributed by atoms with Gasteiger partial charge < -0.3 is 15.0 Å². The molecule has 1 aromatic heterocycles. The molecule has 2 saturated heterocycles. The van der Waals surface area contributed by atoms with Crippen LogP contribution >= 0.6 is 0 Å². The molecule has 0 spiro atoms. The molecular weight excluding hydrogens is 506 g/mol. The van der Waals surface area contributed by atoms with Crippen LogP contribution in [0, 0.1) is 23.2 Å². The summed E-state index contributed by atoms with van der Waals surface area (Å²) in [6, 6.07) is 12.1. The van der Waals surface area contributed by atoms with Crippen LogP contribution in [-0.2, 0) is 16.0 Å². The highest BCUT2D eigenvalue weighted by molar-refractivity contribution is 6.06. The van der Waals surface area contributed by atoms with E-state index >= 15 is 0 Å². The largest absolute Gasteiger partial charge is 0.444 e. The summed E-state index contributed by atoms with van der Waals surface area (Å²) in [5.74, 6) is 0.230. The second-order valence-corrected chi connectivity index (χ2v) is 11.7. The summed E-state index contributed by atoms with van der Waals surface area (Å²) in [6.07, 6.45) is 6.97. The Morgan fingerprint density at radius 2 is 1.82 bits per heavy atom. The fourth-order valence-corrected chi connectivity index (χ4v) is 5.80. The number of benzene rings is 1. The number of pyridine rings is 1. The number of nitriles is 1. The lowest BCUT2D eigenvalue weighted by Crippen LogP contribution is -2.49. The van der Waals surface area contributed by atoms with Gasteiger partial charge in [0.15, 0.2) is 5.78 Å². The number of hydrogen-bond donors (Lipinski definition) is 1. The van der Waals surface area contributed by atoms with Gasteiger partial charge in [-0.15, -0.1) is 6.58 Å². The van der Waals surface area contributed by atoms with Gasteiger partial charge >= 0.3 is 6.09 Å². The fraction of sp³-hybridized carbons (Fsp3) is 0.387. The van der Waals surface area contributed by atoms with Crippen LogP contribution in [0.4, 0.5) is 4.79 Å². The van der Waals surface area contributed by atoms with Crippen LogP contribution < -0.4 is 5.32 Å². The van der Waals surface area contributed by atoms with Gasteiger partial charge in [0.05, 0.1) is 11.6 Å². The summed E-state index contributed by atoms with van der Waals surface area (Å²) in [5.41, 5.74) is 0.217. The van der Waals surface area contributed by atoms with E-state index in [0.29, 0.717) is 42.9 Å². The molecule has 2 amide bonds. The first-order valence-corrected chi connectivity index (χ1v) is 13.4. The summed E-state index contributed by atoms with van der Waals surface area (Å²) in [4.78, 5) is 47.7. The number of piperidine rings is 1. The highest BCUT2D eigenvalue weighted by atomic mass is 16.6. The maximum Gasteiger partial charge on any atom is 0.410 e. The normalized spacial score (nSPS) is 26.2. The van der Waals surface area contributed by atoms with Crippen molar-refractivity contribution in [3.05, 3.63) is 90.0 Å². The number of allylic oxidation sites excluding steroid dienone is 1. The van der Waals surface area contributed by atoms with Crippen molar-refractivity contribution in [3.8, 4) is 6.07 Å². The Kier molecular flexibility index (Phi) is 6.96. The standard InChI is InChI=1S/C31H33N5O4/c1-5-12-31(16-20-10-13-33-14-11-20)28(38)36(26(34-31)15-25(37)22-8-6-21(17-32)7-9-22)27-23-18-35(19-24(23)27)29(39)40-30(2,3)4/h5-11,13-15,23-24,27,34H,1,12,16,18-19H2,2-4H3/b26-15+. The summed E-state index contributed by atoms with van der Waals surface area (Å²) in [6.45, 7) is 10.4. The second-order valence-electron chi connectivity index (χ2n) is 11.7. The van der Waals surface area contributed by atoms with E-state index in [2.05, 4.69) is 22.9 Å². The SMILES string of the molecule is C=CCC1(Cc2ccncc2)N/C(=C\C(=O)c2ccc(C#N)cc2)N(C2C3CN(C(=O)OC(C)(C)C)CC32)C1=O. The Labute approximate surface area is 234 Å². The Hall–Kier alpha value is -4.45. The molecule has 1 aromatic carbocycles. The van der Waals surface area contributed by atoms with Gasteiger partial charge in [0, 0.05) is 61.4 Å². The number of ether oxygens (including phenoxy) is 1. The summed E-state index contributed by atoms with van der Waals surface area (Å²) in [7, 11) is 0. The highest BCUT2D eigenvalue weighted by Crippen LogP contribution is 2.52. The molecule has 1 aliphatic carbocycles. The first-order valence-electron chi connectivity index (χ1n) is 13.4. The molecule has 3 fully saturated rings. The minimum atomic E-state index is -1.01. The molecule has 0 radical (unpaired) electrons. The smallest absolute Gasteiger partial charge is 0.410 e. The lowest BCUT2D eigenvalue weighted by atomic mass is 9.87. The topological polar surface area (TPSA) is 116 Å². The van der Waals surface area contributed by atoms with Crippen molar-refractivity contribution in [3.63, 3.8) is 0 Å². The van der Waals surface area contributed by atoms with Gasteiger partial charge in [0.25, 0.3) is 5.91 Å². The number of nitrogens with zero attached hydrogens (tertiary/aromatic N) is 4. The molecule has 1 saturated carbocycles. The van der Waals surface area contributed by atoms with E-state index < -0.39 is 11.1 Å². The number of rotatable bonds is 7. The molecule has 0 bridgehead atoms. The van der Waals surface area contributed by atoms with Crippen molar-refractivity contribution in [1.82, 2.24) is 20.1 Å². The third-order valence-electron chi connectivity index (χ3n) is 7.67. The van der Waals surface area contributed by atoms with Crippen LogP contribution in [0.1, 0.15) is 48.7 Å². The summed E-state index contributed by atoms with van der Waals surface area (Å²) >= 11 is 0. The van der Waals surface area contributed by atoms with E-state index in [1.165, 1.54) is 6.08 Å². The van der Waals surface area contributed by atoms with E-state index in [4.69, 9.17) is 10.00 Å². The molecule has 206 valence electrons. The number of carbonyl (C=O) groups excluding carboxylic acids is 3. The van der Waals surface area contributed by atoms with E-state index in [9.17, 15) is 14.4 Å². The van der Waals surface area contributed by atoms with E-state index in [1.807, 2.05) is 32.9 Å². The number of likely N-dealkylation sites (tertiary alicyclic amines) is 1. The van der Waals surface area contributed by atoms with Crippen molar-refractivity contribution in [2.24, 2.45) is 11.8 Å². The number of amides is 2. The molecule has 2 aromatic rings. The zero-order valence-electron chi connectivity index (χ0n) is 23.0. The van der Waals surface area contributed by atoms with Crippen molar-refractivity contribution >= 4 is 17.8 Å². The van der Waals surface area contributed by atoms with Crippen LogP contribution in [0.5, 0.6) is 0 Å². The average molecular weight is 540 g/mol. The Bertz CT molecular complexity index is 1390. The van der Waals surface area contributed by atoms with E-state index in [0.717, 1.165) is 5.56 Å². The summed E-state index contributed by atoms with van der Waals surface area (Å²) in [5, 5.41) is 12.5. The minimum Gasteiger partial charge on any atom is -0.444 e. The van der Waals surface area contributed by atoms with Crippen molar-refractivity contribution < 1.29 is 19.1 Å². The van der Waals surface area contributed by atoms with Crippen LogP contribution in [0.3, 0.4) is 0 Å². The van der Waals surface area contributed by atoms with Gasteiger partial charge in [0.1, 0.15) is 17.0 Å². The number of hydrogen-bond acceptors (Lipinski definition) is 7. The number of fused-ring (bicyclic) bond motifs is 1. The molecule has 9 nitrogen and oxygen atoms in total. The minimum absolute atomic E-state index is 0.0899. The molecule has 3 aliphatic rings. The first kappa shape index (κ1) is 27.1. The highest BCUT2D eigenvalue weighted by Gasteiger charge is 2.65. The zero-order valence-corrected chi connectivity index (χ0v) is 23.0. The molecule has 2 aliphatic heterocycles. The zero-order chi connectivity index (χ0) is 28.7. The predicted molar refractivity (Wildman–Crippen MR) is 148 cm³/mol. The maximum absolute atomic E-state index is 14.3. The number of nitrogens with one attached hydrogen (secondary N) is 1. The molecule has 1 N–H and O–H groups in total. The first-order chi connectivity index (χ1) is 19.0. The van der Waals surface area contributed by atoms with Crippen LogP contribution in [-0.4, -0.2) is 62.8 Å². The molecular formula is C31H33N5O4. The van der Waals surface area contributed by atoms with Gasteiger partial charge in [-0.05, 0) is 69.2 Å². The lowest BCUT2D eigenvalue weighted by Gasteiger charge is -2.28. The van der Waals surface area contributed by atoms with Gasteiger partial charge in [-0.25, -0.2) is 4.79 Å². The number of ketones is 1. The van der Waals surface area contributed by atoms with Gasteiger partial charge in [-0.3, -0.25) is 19.5 Å². The van der Waals surface area contributed by atoms with Crippen molar-refractivity contribution in [1.29, 1.82) is 5.26 Å². The van der Waals surface area contributed by atoms with E-state index in [-0.39, 0.29) is 35.7 Å². The third kappa shape index (κ3) is 5.22. The van der Waals surface area contributed by atoms with Gasteiger partial charge in [-0.2, -0.15) is 5.26 Å². The number of carbonyl (C=O) groups is 3. The molecule has 5 rings (SSSR count). The molecule has 9 heteroatoms.